The molecule has 1 heterocycles. The number of hydrogen-bond acceptors (Lipinski definition) is 4. The van der Waals surface area contributed by atoms with Gasteiger partial charge < -0.3 is 5.73 Å². The highest BCUT2D eigenvalue weighted by atomic mass is 14.7. The first-order chi connectivity index (χ1) is 6.27. The van der Waals surface area contributed by atoms with Gasteiger partial charge in [0.2, 0.25) is 0 Å². The van der Waals surface area contributed by atoms with Gasteiger partial charge in [0.05, 0.1) is 12.5 Å². The third-order valence-electron chi connectivity index (χ3n) is 1.64. The van der Waals surface area contributed by atoms with E-state index in [9.17, 15) is 0 Å². The summed E-state index contributed by atoms with van der Waals surface area (Å²) >= 11 is 0. The SMILES string of the molecule is N#CC[C@@H](N)c1ccc(C#N)nc1. The van der Waals surface area contributed by atoms with Crippen LogP contribution in [0.15, 0.2) is 18.3 Å². The Balaban J connectivity index is 2.82. The molecular formula is C9H8N4. The Morgan fingerprint density at radius 1 is 1.46 bits per heavy atom. The van der Waals surface area contributed by atoms with Crippen LogP contribution in [0.2, 0.25) is 0 Å². The Hall–Kier alpha value is -1.91. The second-order valence-electron chi connectivity index (χ2n) is 2.56. The molecule has 1 rings (SSSR count). The lowest BCUT2D eigenvalue weighted by molar-refractivity contribution is 0.743. The van der Waals surface area contributed by atoms with Crippen LogP contribution < -0.4 is 5.73 Å². The van der Waals surface area contributed by atoms with Gasteiger partial charge >= 0.3 is 0 Å². The lowest BCUT2D eigenvalue weighted by Gasteiger charge is -2.05. The predicted octanol–water partition coefficient (Wildman–Crippen LogP) is 0.867. The van der Waals surface area contributed by atoms with Gasteiger partial charge in [-0.15, -0.1) is 0 Å². The van der Waals surface area contributed by atoms with Gasteiger partial charge in [-0.3, -0.25) is 0 Å². The zero-order valence-corrected chi connectivity index (χ0v) is 6.94. The summed E-state index contributed by atoms with van der Waals surface area (Å²) in [7, 11) is 0. The van der Waals surface area contributed by atoms with Gasteiger partial charge in [0.1, 0.15) is 11.8 Å². The average Bonchev–Trinajstić information content (AvgIpc) is 2.18. The number of nitrogens with two attached hydrogens (primary N) is 1. The summed E-state index contributed by atoms with van der Waals surface area (Å²) in [6.07, 6.45) is 1.79. The van der Waals surface area contributed by atoms with Crippen molar-refractivity contribution >= 4 is 0 Å². The average molecular weight is 172 g/mol. The number of pyridine rings is 1. The number of nitrogens with zero attached hydrogens (tertiary/aromatic N) is 3. The van der Waals surface area contributed by atoms with E-state index >= 15 is 0 Å². The second kappa shape index (κ2) is 4.20. The summed E-state index contributed by atoms with van der Waals surface area (Å²) in [6, 6.07) is 6.88. The van der Waals surface area contributed by atoms with Gasteiger partial charge in [-0.25, -0.2) is 4.98 Å². The van der Waals surface area contributed by atoms with Crippen LogP contribution in [0, 0.1) is 22.7 Å². The zero-order valence-electron chi connectivity index (χ0n) is 6.94. The summed E-state index contributed by atoms with van der Waals surface area (Å²) in [6.45, 7) is 0. The monoisotopic (exact) mass is 172 g/mol. The molecule has 4 nitrogen and oxygen atoms in total. The molecule has 0 spiro atoms. The van der Waals surface area contributed by atoms with Gasteiger partial charge in [0.25, 0.3) is 0 Å². The molecule has 0 saturated carbocycles. The summed E-state index contributed by atoms with van der Waals surface area (Å²) in [5, 5.41) is 16.9. The van der Waals surface area contributed by atoms with Crippen molar-refractivity contribution in [3.8, 4) is 12.1 Å². The smallest absolute Gasteiger partial charge is 0.140 e. The van der Waals surface area contributed by atoms with Crippen molar-refractivity contribution < 1.29 is 0 Å². The van der Waals surface area contributed by atoms with Crippen molar-refractivity contribution in [3.05, 3.63) is 29.6 Å². The minimum absolute atomic E-state index is 0.258. The number of rotatable bonds is 2. The van der Waals surface area contributed by atoms with E-state index in [-0.39, 0.29) is 12.5 Å². The third kappa shape index (κ3) is 2.26. The second-order valence-corrected chi connectivity index (χ2v) is 2.56. The van der Waals surface area contributed by atoms with Crippen LogP contribution in [0.3, 0.4) is 0 Å². The van der Waals surface area contributed by atoms with E-state index in [0.29, 0.717) is 5.69 Å². The minimum atomic E-state index is -0.315. The fourth-order valence-electron chi connectivity index (χ4n) is 0.907. The molecule has 2 N–H and O–H groups in total. The van der Waals surface area contributed by atoms with E-state index in [0.717, 1.165) is 5.56 Å². The van der Waals surface area contributed by atoms with Crippen LogP contribution in [-0.2, 0) is 0 Å². The lowest BCUT2D eigenvalue weighted by Crippen LogP contribution is -2.09. The maximum absolute atomic E-state index is 8.47. The molecule has 4 heteroatoms. The van der Waals surface area contributed by atoms with Crippen LogP contribution in [0.1, 0.15) is 23.7 Å². The van der Waals surface area contributed by atoms with Crippen molar-refractivity contribution in [1.29, 1.82) is 10.5 Å². The predicted molar refractivity (Wildman–Crippen MR) is 46.1 cm³/mol. The number of hydrogen-bond donors (Lipinski definition) is 1. The first-order valence-electron chi connectivity index (χ1n) is 3.76. The first kappa shape index (κ1) is 9.18. The summed E-state index contributed by atoms with van der Waals surface area (Å²) in [5.74, 6) is 0. The van der Waals surface area contributed by atoms with Crippen LogP contribution in [-0.4, -0.2) is 4.98 Å². The summed E-state index contributed by atoms with van der Waals surface area (Å²) in [5.41, 5.74) is 6.78. The van der Waals surface area contributed by atoms with Gasteiger partial charge in [-0.05, 0) is 11.6 Å². The Bertz CT molecular complexity index is 355. The maximum Gasteiger partial charge on any atom is 0.140 e. The Labute approximate surface area is 76.2 Å². The van der Waals surface area contributed by atoms with E-state index in [2.05, 4.69) is 4.98 Å². The Kier molecular flexibility index (Phi) is 2.97. The molecule has 13 heavy (non-hydrogen) atoms. The van der Waals surface area contributed by atoms with Gasteiger partial charge in [-0.1, -0.05) is 6.07 Å². The number of nitriles is 2. The zero-order chi connectivity index (χ0) is 9.68. The molecule has 1 aromatic rings. The fraction of sp³-hybridized carbons (Fsp3) is 0.222. The quantitative estimate of drug-likeness (QED) is 0.716. The van der Waals surface area contributed by atoms with E-state index in [4.69, 9.17) is 16.3 Å². The molecule has 0 aliphatic carbocycles. The molecule has 0 aliphatic rings. The molecule has 0 saturated heterocycles. The van der Waals surface area contributed by atoms with Crippen molar-refractivity contribution in [2.75, 3.05) is 0 Å². The Morgan fingerprint density at radius 3 is 2.69 bits per heavy atom. The van der Waals surface area contributed by atoms with Crippen molar-refractivity contribution in [2.24, 2.45) is 5.73 Å². The molecule has 0 aromatic carbocycles. The van der Waals surface area contributed by atoms with Gasteiger partial charge in [-0.2, -0.15) is 10.5 Å². The largest absolute Gasteiger partial charge is 0.323 e. The molecule has 0 radical (unpaired) electrons. The topological polar surface area (TPSA) is 86.5 Å². The van der Waals surface area contributed by atoms with E-state index in [1.165, 1.54) is 6.20 Å². The normalized spacial score (nSPS) is 11.3. The van der Waals surface area contributed by atoms with E-state index in [1.54, 1.807) is 12.1 Å². The number of aromatic nitrogens is 1. The third-order valence-corrected chi connectivity index (χ3v) is 1.64. The molecule has 1 atom stereocenters. The lowest BCUT2D eigenvalue weighted by atomic mass is 10.1. The highest BCUT2D eigenvalue weighted by Crippen LogP contribution is 2.11. The van der Waals surface area contributed by atoms with Crippen LogP contribution >= 0.6 is 0 Å². The molecule has 0 fully saturated rings. The van der Waals surface area contributed by atoms with E-state index < -0.39 is 0 Å². The van der Waals surface area contributed by atoms with Crippen LogP contribution in [0.25, 0.3) is 0 Å². The standard InChI is InChI=1S/C9H8N4/c10-4-3-9(12)7-1-2-8(5-11)13-6-7/h1-2,6,9H,3,12H2/t9-/m1/s1. The molecule has 0 unspecified atom stereocenters. The van der Waals surface area contributed by atoms with Crippen molar-refractivity contribution in [1.82, 2.24) is 4.98 Å². The molecule has 0 aliphatic heterocycles. The van der Waals surface area contributed by atoms with Gasteiger partial charge in [0.15, 0.2) is 0 Å². The Morgan fingerprint density at radius 2 is 2.23 bits per heavy atom. The minimum Gasteiger partial charge on any atom is -0.323 e. The molecular weight excluding hydrogens is 164 g/mol. The first-order valence-corrected chi connectivity index (χ1v) is 3.76. The molecule has 64 valence electrons. The highest BCUT2D eigenvalue weighted by Gasteiger charge is 2.04. The van der Waals surface area contributed by atoms with Gasteiger partial charge in [0, 0.05) is 12.2 Å². The van der Waals surface area contributed by atoms with Crippen LogP contribution in [0.4, 0.5) is 0 Å². The fourth-order valence-corrected chi connectivity index (χ4v) is 0.907. The summed E-state index contributed by atoms with van der Waals surface area (Å²) < 4.78 is 0. The highest BCUT2D eigenvalue weighted by molar-refractivity contribution is 5.25. The molecule has 0 bridgehead atoms. The molecule has 0 amide bonds. The maximum atomic E-state index is 8.47. The van der Waals surface area contributed by atoms with Crippen molar-refractivity contribution in [3.63, 3.8) is 0 Å². The molecule has 1 aromatic heterocycles. The van der Waals surface area contributed by atoms with Crippen LogP contribution in [0.5, 0.6) is 0 Å². The van der Waals surface area contributed by atoms with Crippen molar-refractivity contribution in [2.45, 2.75) is 12.5 Å². The summed E-state index contributed by atoms with van der Waals surface area (Å²) in [4.78, 5) is 3.85. The van der Waals surface area contributed by atoms with E-state index in [1.807, 2.05) is 12.1 Å².